The lowest BCUT2D eigenvalue weighted by Crippen LogP contribution is -2.65. The number of aliphatic imine (C=N–C) groups is 1. The van der Waals surface area contributed by atoms with Crippen molar-refractivity contribution in [3.63, 3.8) is 0 Å². The molecule has 0 unspecified atom stereocenters. The van der Waals surface area contributed by atoms with Crippen LogP contribution in [0.25, 0.3) is 0 Å². The van der Waals surface area contributed by atoms with Gasteiger partial charge in [-0.05, 0) is 48.4 Å². The average Bonchev–Trinajstić information content (AvgIpc) is 2.55. The van der Waals surface area contributed by atoms with Crippen molar-refractivity contribution < 1.29 is 10.0 Å². The van der Waals surface area contributed by atoms with Crippen molar-refractivity contribution in [1.29, 1.82) is 0 Å². The lowest BCUT2D eigenvalue weighted by molar-refractivity contribution is -0.108. The number of hydrogen-bond donors (Lipinski definition) is 4. The highest BCUT2D eigenvalue weighted by Gasteiger charge is 2.50. The molecule has 1 aromatic carbocycles. The summed E-state index contributed by atoms with van der Waals surface area (Å²) in [6, 6.07) is 8.34. The molecule has 1 heterocycles. The van der Waals surface area contributed by atoms with E-state index >= 15 is 0 Å². The number of carbonyl (C=O) groups excluding carboxylic acids is 1. The quantitative estimate of drug-likeness (QED) is 0.255. The molecule has 25 heavy (non-hydrogen) atoms. The third-order valence-corrected chi connectivity index (χ3v) is 4.91. The number of nitrogens with one attached hydrogen (secondary N) is 2. The third-order valence-electron chi connectivity index (χ3n) is 4.91. The molecule has 1 spiro atoms. The Morgan fingerprint density at radius 2 is 2.24 bits per heavy atom. The molecule has 2 fully saturated rings. The Morgan fingerprint density at radius 1 is 1.44 bits per heavy atom. The average molecular weight is 343 g/mol. The normalized spacial score (nSPS) is 20.3. The van der Waals surface area contributed by atoms with Gasteiger partial charge in [0.15, 0.2) is 5.84 Å². The van der Waals surface area contributed by atoms with E-state index in [0.717, 1.165) is 18.7 Å². The molecule has 0 bridgehead atoms. The summed E-state index contributed by atoms with van der Waals surface area (Å²) in [6.45, 7) is 3.38. The molecule has 3 rings (SSSR count). The highest BCUT2D eigenvalue weighted by Crippen LogP contribution is 2.47. The lowest BCUT2D eigenvalue weighted by atomic mass is 9.61. The maximum absolute atomic E-state index is 10.2. The molecule has 0 radical (unpaired) electrons. The van der Waals surface area contributed by atoms with Crippen molar-refractivity contribution in [2.75, 3.05) is 19.6 Å². The number of likely N-dealkylation sites (tertiary alicyclic amines) is 1. The smallest absolute Gasteiger partial charge is 0.211 e. The molecular formula is C18H25N5O2. The van der Waals surface area contributed by atoms with Gasteiger partial charge in [0.1, 0.15) is 0 Å². The second kappa shape index (κ2) is 7.77. The fourth-order valence-electron chi connectivity index (χ4n) is 3.84. The molecule has 1 saturated carbocycles. The highest BCUT2D eigenvalue weighted by atomic mass is 16.5. The summed E-state index contributed by atoms with van der Waals surface area (Å²) in [7, 11) is 0. The number of nitrogens with zero attached hydrogens (tertiary/aromatic N) is 2. The molecular weight excluding hydrogens is 318 g/mol. The van der Waals surface area contributed by atoms with Crippen LogP contribution in [-0.4, -0.2) is 48.0 Å². The molecule has 1 amide bonds. The van der Waals surface area contributed by atoms with Crippen LogP contribution in [0.5, 0.6) is 0 Å². The zero-order valence-electron chi connectivity index (χ0n) is 14.2. The topological polar surface area (TPSA) is 103 Å². The Balaban J connectivity index is 1.52. The van der Waals surface area contributed by atoms with Crippen LogP contribution < -0.4 is 16.5 Å². The summed E-state index contributed by atoms with van der Waals surface area (Å²) in [5, 5.41) is 11.5. The molecule has 2 aliphatic rings. The van der Waals surface area contributed by atoms with E-state index in [2.05, 4.69) is 21.3 Å². The van der Waals surface area contributed by atoms with Crippen LogP contribution in [0.15, 0.2) is 41.5 Å². The first-order chi connectivity index (χ1) is 12.1. The molecule has 134 valence electrons. The minimum absolute atomic E-state index is 0.248. The van der Waals surface area contributed by atoms with Gasteiger partial charge in [0.05, 0.1) is 5.69 Å². The fraction of sp³-hybridized carbons (Fsp3) is 0.444. The van der Waals surface area contributed by atoms with Gasteiger partial charge in [-0.15, -0.1) is 0 Å². The maximum atomic E-state index is 10.2. The van der Waals surface area contributed by atoms with E-state index in [4.69, 9.17) is 10.9 Å². The second-order valence-corrected chi connectivity index (χ2v) is 7.03. The van der Waals surface area contributed by atoms with Crippen LogP contribution in [0.4, 0.5) is 5.69 Å². The molecule has 0 aromatic heterocycles. The molecule has 1 aliphatic carbocycles. The number of hydrogen-bond acceptors (Lipinski definition) is 5. The number of carbonyl (C=O) groups is 1. The zero-order valence-corrected chi connectivity index (χ0v) is 14.2. The van der Waals surface area contributed by atoms with Gasteiger partial charge in [0.25, 0.3) is 0 Å². The number of hydroxylamine groups is 1. The number of nitrogens with two attached hydrogens (primary N) is 1. The Hall–Kier alpha value is -2.22. The molecule has 7 heteroatoms. The van der Waals surface area contributed by atoms with Gasteiger partial charge in [-0.3, -0.25) is 15.5 Å². The first kappa shape index (κ1) is 17.6. The second-order valence-electron chi connectivity index (χ2n) is 7.03. The SMILES string of the molecule is NC1CC2(C1)CN(CCc1cccc(N=C(/C=C\NC=O)NO)c1)C2. The van der Waals surface area contributed by atoms with Crippen LogP contribution in [0.2, 0.25) is 0 Å². The van der Waals surface area contributed by atoms with Crippen molar-refractivity contribution in [3.8, 4) is 0 Å². The first-order valence-corrected chi connectivity index (χ1v) is 8.54. The van der Waals surface area contributed by atoms with Gasteiger partial charge in [0.2, 0.25) is 6.41 Å². The van der Waals surface area contributed by atoms with Crippen molar-refractivity contribution >= 4 is 17.9 Å². The Labute approximate surface area is 147 Å². The van der Waals surface area contributed by atoms with E-state index in [1.54, 1.807) is 0 Å². The van der Waals surface area contributed by atoms with Crippen molar-refractivity contribution in [2.24, 2.45) is 16.1 Å². The standard InChI is InChI=1S/C18H25N5O2/c19-15-9-18(10-15)11-23(12-18)7-5-14-2-1-3-16(8-14)21-17(22-25)4-6-20-13-24/h1-4,6,8,13,15,25H,5,7,9-12,19H2,(H,20,24)(H,21,22)/b6-4-. The summed E-state index contributed by atoms with van der Waals surface area (Å²) in [6.07, 6.45) is 6.74. The summed E-state index contributed by atoms with van der Waals surface area (Å²) < 4.78 is 0. The van der Waals surface area contributed by atoms with Crippen molar-refractivity contribution in [1.82, 2.24) is 15.7 Å². The zero-order chi connectivity index (χ0) is 17.7. The number of rotatable bonds is 7. The van der Waals surface area contributed by atoms with Crippen molar-refractivity contribution in [3.05, 3.63) is 42.1 Å². The molecule has 0 atom stereocenters. The molecule has 1 aliphatic heterocycles. The first-order valence-electron chi connectivity index (χ1n) is 8.54. The van der Waals surface area contributed by atoms with E-state index in [0.29, 0.717) is 17.9 Å². The minimum Gasteiger partial charge on any atom is -0.335 e. The monoisotopic (exact) mass is 343 g/mol. The Morgan fingerprint density at radius 3 is 2.92 bits per heavy atom. The summed E-state index contributed by atoms with van der Waals surface area (Å²) >= 11 is 0. The van der Waals surface area contributed by atoms with Crippen LogP contribution in [0, 0.1) is 5.41 Å². The number of benzene rings is 1. The van der Waals surface area contributed by atoms with Crippen LogP contribution >= 0.6 is 0 Å². The van der Waals surface area contributed by atoms with Crippen molar-refractivity contribution in [2.45, 2.75) is 25.3 Å². The molecule has 1 saturated heterocycles. The Bertz CT molecular complexity index is 659. The van der Waals surface area contributed by atoms with Crippen LogP contribution in [0.1, 0.15) is 18.4 Å². The van der Waals surface area contributed by atoms with E-state index in [9.17, 15) is 4.79 Å². The van der Waals surface area contributed by atoms with Gasteiger partial charge in [0, 0.05) is 31.9 Å². The van der Waals surface area contributed by atoms with Crippen LogP contribution in [-0.2, 0) is 11.2 Å². The predicted molar refractivity (Wildman–Crippen MR) is 96.6 cm³/mol. The summed E-state index contributed by atoms with van der Waals surface area (Å²) in [5.41, 5.74) is 10.4. The minimum atomic E-state index is 0.248. The molecule has 7 nitrogen and oxygen atoms in total. The van der Waals surface area contributed by atoms with E-state index in [1.165, 1.54) is 43.8 Å². The Kier molecular flexibility index (Phi) is 5.47. The van der Waals surface area contributed by atoms with Gasteiger partial charge in [-0.1, -0.05) is 12.1 Å². The van der Waals surface area contributed by atoms with Gasteiger partial charge >= 0.3 is 0 Å². The fourth-order valence-corrected chi connectivity index (χ4v) is 3.84. The molecule has 5 N–H and O–H groups in total. The summed E-state index contributed by atoms with van der Waals surface area (Å²) in [5.74, 6) is 0.248. The van der Waals surface area contributed by atoms with Crippen LogP contribution in [0.3, 0.4) is 0 Å². The summed E-state index contributed by atoms with van der Waals surface area (Å²) in [4.78, 5) is 17.0. The number of amidine groups is 1. The van der Waals surface area contributed by atoms with E-state index in [-0.39, 0.29) is 5.84 Å². The predicted octanol–water partition coefficient (Wildman–Crippen LogP) is 0.921. The third kappa shape index (κ3) is 4.45. The highest BCUT2D eigenvalue weighted by molar-refractivity contribution is 5.94. The van der Waals surface area contributed by atoms with Gasteiger partial charge < -0.3 is 16.0 Å². The van der Waals surface area contributed by atoms with Gasteiger partial charge in [-0.2, -0.15) is 0 Å². The largest absolute Gasteiger partial charge is 0.335 e. The van der Waals surface area contributed by atoms with E-state index < -0.39 is 0 Å². The molecule has 1 aromatic rings. The van der Waals surface area contributed by atoms with Gasteiger partial charge in [-0.25, -0.2) is 4.99 Å². The maximum Gasteiger partial charge on any atom is 0.211 e. The lowest BCUT2D eigenvalue weighted by Gasteiger charge is -2.58. The van der Waals surface area contributed by atoms with E-state index in [1.807, 2.05) is 23.7 Å². The number of amides is 1.